The summed E-state index contributed by atoms with van der Waals surface area (Å²) in [5.41, 5.74) is 5.85. The molecular formula is C13H21N3O3S. The molecule has 0 spiro atoms. The summed E-state index contributed by atoms with van der Waals surface area (Å²) in [5.74, 6) is -0.244. The molecule has 1 atom stereocenters. The quantitative estimate of drug-likeness (QED) is 0.750. The number of amides is 1. The lowest BCUT2D eigenvalue weighted by Crippen LogP contribution is -2.39. The highest BCUT2D eigenvalue weighted by Crippen LogP contribution is 2.24. The van der Waals surface area contributed by atoms with Gasteiger partial charge < -0.3 is 11.1 Å². The van der Waals surface area contributed by atoms with E-state index in [2.05, 4.69) is 5.32 Å². The second-order valence-electron chi connectivity index (χ2n) is 5.10. The predicted octanol–water partition coefficient (Wildman–Crippen LogP) is 0.956. The van der Waals surface area contributed by atoms with Gasteiger partial charge >= 0.3 is 0 Å². The van der Waals surface area contributed by atoms with E-state index in [0.29, 0.717) is 17.7 Å². The van der Waals surface area contributed by atoms with E-state index in [0.717, 1.165) is 0 Å². The van der Waals surface area contributed by atoms with Crippen molar-refractivity contribution in [2.24, 2.45) is 16.3 Å². The van der Waals surface area contributed by atoms with Crippen LogP contribution < -0.4 is 16.2 Å². The van der Waals surface area contributed by atoms with Crippen LogP contribution in [0.3, 0.4) is 0 Å². The number of primary sulfonamides is 1. The minimum absolute atomic E-state index is 0.00116. The van der Waals surface area contributed by atoms with Gasteiger partial charge in [0.1, 0.15) is 0 Å². The van der Waals surface area contributed by atoms with Crippen molar-refractivity contribution < 1.29 is 13.2 Å². The predicted molar refractivity (Wildman–Crippen MR) is 78.6 cm³/mol. The number of sulfonamides is 1. The molecule has 1 amide bonds. The number of rotatable bonds is 5. The van der Waals surface area contributed by atoms with Crippen molar-refractivity contribution in [3.05, 3.63) is 23.8 Å². The molecule has 7 heteroatoms. The van der Waals surface area contributed by atoms with E-state index in [1.54, 1.807) is 26.0 Å². The van der Waals surface area contributed by atoms with Gasteiger partial charge in [0.05, 0.1) is 10.3 Å². The summed E-state index contributed by atoms with van der Waals surface area (Å²) in [6.07, 6.45) is 0.587. The fourth-order valence-corrected chi connectivity index (χ4v) is 2.47. The lowest BCUT2D eigenvalue weighted by Gasteiger charge is -2.25. The zero-order chi connectivity index (χ0) is 15.6. The Morgan fingerprint density at radius 3 is 2.45 bits per heavy atom. The molecule has 5 N–H and O–H groups in total. The molecule has 20 heavy (non-hydrogen) atoms. The Bertz CT molecular complexity index is 607. The van der Waals surface area contributed by atoms with Crippen molar-refractivity contribution in [3.8, 4) is 0 Å². The van der Waals surface area contributed by atoms with Gasteiger partial charge in [0.15, 0.2) is 0 Å². The molecular weight excluding hydrogens is 278 g/mol. The Labute approximate surface area is 119 Å². The number of benzene rings is 1. The Morgan fingerprint density at radius 2 is 2.00 bits per heavy atom. The minimum atomic E-state index is -3.81. The van der Waals surface area contributed by atoms with E-state index >= 15 is 0 Å². The lowest BCUT2D eigenvalue weighted by molar-refractivity contribution is -0.124. The van der Waals surface area contributed by atoms with Gasteiger partial charge in [-0.2, -0.15) is 0 Å². The van der Waals surface area contributed by atoms with Gasteiger partial charge in [0.2, 0.25) is 15.9 Å². The number of hydrogen-bond donors (Lipinski definition) is 3. The molecule has 0 fully saturated rings. The van der Waals surface area contributed by atoms with Crippen molar-refractivity contribution in [2.75, 3.05) is 11.9 Å². The summed E-state index contributed by atoms with van der Waals surface area (Å²) in [6, 6.07) is 4.59. The van der Waals surface area contributed by atoms with Crippen LogP contribution in [0, 0.1) is 12.3 Å². The van der Waals surface area contributed by atoms with Crippen LogP contribution in [-0.2, 0) is 14.8 Å². The fraction of sp³-hybridized carbons (Fsp3) is 0.462. The molecule has 1 rings (SSSR count). The maximum atomic E-state index is 12.2. The first-order valence-electron chi connectivity index (χ1n) is 6.29. The molecule has 0 saturated carbocycles. The van der Waals surface area contributed by atoms with Gasteiger partial charge in [-0.25, -0.2) is 13.6 Å². The molecule has 0 heterocycles. The second kappa shape index (κ2) is 5.90. The third kappa shape index (κ3) is 3.56. The molecule has 0 radical (unpaired) electrons. The van der Waals surface area contributed by atoms with Crippen LogP contribution >= 0.6 is 0 Å². The van der Waals surface area contributed by atoms with Crippen LogP contribution in [0.5, 0.6) is 0 Å². The highest BCUT2D eigenvalue weighted by atomic mass is 32.2. The first kappa shape index (κ1) is 16.6. The van der Waals surface area contributed by atoms with Crippen molar-refractivity contribution in [1.29, 1.82) is 0 Å². The van der Waals surface area contributed by atoms with E-state index in [9.17, 15) is 13.2 Å². The van der Waals surface area contributed by atoms with E-state index in [4.69, 9.17) is 10.9 Å². The average molecular weight is 299 g/mol. The first-order chi connectivity index (χ1) is 9.14. The van der Waals surface area contributed by atoms with Crippen molar-refractivity contribution in [3.63, 3.8) is 0 Å². The highest BCUT2D eigenvalue weighted by Gasteiger charge is 2.29. The van der Waals surface area contributed by atoms with Crippen LogP contribution in [0.4, 0.5) is 5.69 Å². The first-order valence-corrected chi connectivity index (χ1v) is 7.83. The highest BCUT2D eigenvalue weighted by molar-refractivity contribution is 7.89. The molecule has 0 bridgehead atoms. The Kier molecular flexibility index (Phi) is 4.90. The third-order valence-electron chi connectivity index (χ3n) is 3.53. The number of carbonyl (C=O) groups is 1. The molecule has 0 aliphatic rings. The molecule has 1 aromatic rings. The van der Waals surface area contributed by atoms with Gasteiger partial charge in [-0.05, 0) is 38.0 Å². The molecule has 112 valence electrons. The van der Waals surface area contributed by atoms with Crippen molar-refractivity contribution in [2.45, 2.75) is 32.1 Å². The maximum Gasteiger partial charge on any atom is 0.238 e. The van der Waals surface area contributed by atoms with Gasteiger partial charge in [-0.1, -0.05) is 13.0 Å². The standard InChI is InChI=1S/C13H21N3O3S/c1-4-13(3,8-14)12(17)16-10-6-5-9(2)11(7-10)20(15,18)19/h5-7H,4,8,14H2,1-3H3,(H,16,17)(H2,15,18,19). The summed E-state index contributed by atoms with van der Waals surface area (Å²) < 4.78 is 22.9. The van der Waals surface area contributed by atoms with Gasteiger partial charge in [0, 0.05) is 12.2 Å². The van der Waals surface area contributed by atoms with Crippen molar-refractivity contribution >= 4 is 21.6 Å². The van der Waals surface area contributed by atoms with E-state index in [1.807, 2.05) is 6.92 Å². The summed E-state index contributed by atoms with van der Waals surface area (Å²) in [7, 11) is -3.81. The lowest BCUT2D eigenvalue weighted by atomic mass is 9.86. The maximum absolute atomic E-state index is 12.2. The molecule has 0 aliphatic carbocycles. The SMILES string of the molecule is CCC(C)(CN)C(=O)Nc1ccc(C)c(S(N)(=O)=O)c1. The summed E-state index contributed by atoms with van der Waals surface area (Å²) >= 11 is 0. The number of anilines is 1. The molecule has 0 aromatic heterocycles. The van der Waals surface area contributed by atoms with Crippen LogP contribution in [0.15, 0.2) is 23.1 Å². The number of hydrogen-bond acceptors (Lipinski definition) is 4. The van der Waals surface area contributed by atoms with Crippen LogP contribution in [0.1, 0.15) is 25.8 Å². The van der Waals surface area contributed by atoms with Gasteiger partial charge in [-0.3, -0.25) is 4.79 Å². The van der Waals surface area contributed by atoms with E-state index in [-0.39, 0.29) is 17.3 Å². The molecule has 1 aromatic carbocycles. The van der Waals surface area contributed by atoms with Crippen LogP contribution in [0.2, 0.25) is 0 Å². The fourth-order valence-electron chi connectivity index (χ4n) is 1.66. The number of carbonyl (C=O) groups excluding carboxylic acids is 1. The minimum Gasteiger partial charge on any atom is -0.329 e. The van der Waals surface area contributed by atoms with Gasteiger partial charge in [0.25, 0.3) is 0 Å². The topological polar surface area (TPSA) is 115 Å². The summed E-state index contributed by atoms with van der Waals surface area (Å²) in [5, 5.41) is 7.82. The van der Waals surface area contributed by atoms with Crippen LogP contribution in [-0.4, -0.2) is 20.9 Å². The van der Waals surface area contributed by atoms with Gasteiger partial charge in [-0.15, -0.1) is 0 Å². The average Bonchev–Trinajstić information content (AvgIpc) is 2.38. The zero-order valence-electron chi connectivity index (χ0n) is 11.9. The summed E-state index contributed by atoms with van der Waals surface area (Å²) in [6.45, 7) is 5.49. The largest absolute Gasteiger partial charge is 0.329 e. The van der Waals surface area contributed by atoms with E-state index < -0.39 is 15.4 Å². The number of nitrogens with one attached hydrogen (secondary N) is 1. The monoisotopic (exact) mass is 299 g/mol. The van der Waals surface area contributed by atoms with Crippen molar-refractivity contribution in [1.82, 2.24) is 0 Å². The Hall–Kier alpha value is -1.44. The normalized spacial score (nSPS) is 14.7. The molecule has 0 aliphatic heterocycles. The number of nitrogens with two attached hydrogens (primary N) is 2. The molecule has 1 unspecified atom stereocenters. The molecule has 0 saturated heterocycles. The Balaban J connectivity index is 3.09. The van der Waals surface area contributed by atoms with Crippen LogP contribution in [0.25, 0.3) is 0 Å². The second-order valence-corrected chi connectivity index (χ2v) is 6.63. The molecule has 6 nitrogen and oxygen atoms in total. The number of aryl methyl sites for hydroxylation is 1. The zero-order valence-corrected chi connectivity index (χ0v) is 12.8. The summed E-state index contributed by atoms with van der Waals surface area (Å²) in [4.78, 5) is 12.2. The van der Waals surface area contributed by atoms with E-state index in [1.165, 1.54) is 6.07 Å². The third-order valence-corrected chi connectivity index (χ3v) is 4.58. The Morgan fingerprint density at radius 1 is 1.40 bits per heavy atom. The smallest absolute Gasteiger partial charge is 0.238 e.